The number of hydrogen-bond acceptors (Lipinski definition) is 6. The molecule has 0 bridgehead atoms. The van der Waals surface area contributed by atoms with Gasteiger partial charge in [-0.3, -0.25) is 4.79 Å². The molecule has 0 spiro atoms. The van der Waals surface area contributed by atoms with Gasteiger partial charge >= 0.3 is 0 Å². The van der Waals surface area contributed by atoms with Gasteiger partial charge in [0.05, 0.1) is 11.9 Å². The minimum atomic E-state index is -1.69. The number of carbonyl (C=O) groups is 1. The Morgan fingerprint density at radius 2 is 1.83 bits per heavy atom. The molecule has 0 fully saturated rings. The summed E-state index contributed by atoms with van der Waals surface area (Å²) < 4.78 is 0. The van der Waals surface area contributed by atoms with E-state index in [1.54, 1.807) is 0 Å². The maximum absolute atomic E-state index is 10.6. The zero-order valence-corrected chi connectivity index (χ0v) is 7.19. The van der Waals surface area contributed by atoms with Crippen LogP contribution in [0.2, 0.25) is 0 Å². The molecule has 0 radical (unpaired) electrons. The normalized spacial score (nSPS) is 18.4. The number of ketones is 1. The monoisotopic (exact) mass is 196 g/mol. The number of carbonyl (C=O) groups excluding carboxylic acids is 1. The molecular formula is C6H12O5S. The summed E-state index contributed by atoms with van der Waals surface area (Å²) in [5, 5.41) is 33.9. The Morgan fingerprint density at radius 1 is 1.33 bits per heavy atom. The third kappa shape index (κ3) is 3.08. The van der Waals surface area contributed by atoms with Gasteiger partial charge in [-0.15, -0.1) is 0 Å². The number of aliphatic hydroxyl groups excluding tert-OH is 4. The van der Waals surface area contributed by atoms with Crippen molar-refractivity contribution in [2.24, 2.45) is 0 Å². The van der Waals surface area contributed by atoms with Gasteiger partial charge in [-0.25, -0.2) is 0 Å². The van der Waals surface area contributed by atoms with Crippen LogP contribution in [0.1, 0.15) is 0 Å². The third-order valence-electron chi connectivity index (χ3n) is 1.39. The second-order valence-electron chi connectivity index (χ2n) is 2.31. The van der Waals surface area contributed by atoms with E-state index in [-0.39, 0.29) is 0 Å². The van der Waals surface area contributed by atoms with Gasteiger partial charge in [0.2, 0.25) is 0 Å². The molecule has 0 rings (SSSR count). The summed E-state index contributed by atoms with van der Waals surface area (Å²) in [7, 11) is 0. The fourth-order valence-corrected chi connectivity index (χ4v) is 0.765. The molecule has 0 saturated carbocycles. The molecule has 0 saturated heterocycles. The Balaban J connectivity index is 4.08. The van der Waals surface area contributed by atoms with Crippen LogP contribution >= 0.6 is 12.6 Å². The van der Waals surface area contributed by atoms with Gasteiger partial charge in [0, 0.05) is 0 Å². The largest absolute Gasteiger partial charge is 0.395 e. The lowest BCUT2D eigenvalue weighted by Gasteiger charge is -2.19. The lowest BCUT2D eigenvalue weighted by molar-refractivity contribution is -0.135. The maximum Gasteiger partial charge on any atom is 0.189 e. The first-order valence-corrected chi connectivity index (χ1v) is 3.84. The maximum atomic E-state index is 10.6. The number of thiol groups is 1. The van der Waals surface area contributed by atoms with Crippen LogP contribution in [0.3, 0.4) is 0 Å². The first-order valence-electron chi connectivity index (χ1n) is 3.33. The van der Waals surface area contributed by atoms with E-state index in [4.69, 9.17) is 20.4 Å². The predicted molar refractivity (Wildman–Crippen MR) is 44.0 cm³/mol. The molecule has 0 aromatic heterocycles. The quantitative estimate of drug-likeness (QED) is 0.315. The molecule has 0 aromatic rings. The van der Waals surface area contributed by atoms with E-state index in [2.05, 4.69) is 12.6 Å². The molecular weight excluding hydrogens is 184 g/mol. The smallest absolute Gasteiger partial charge is 0.189 e. The van der Waals surface area contributed by atoms with Crippen LogP contribution in [0.4, 0.5) is 0 Å². The van der Waals surface area contributed by atoms with Gasteiger partial charge in [-0.05, 0) is 0 Å². The molecule has 4 N–H and O–H groups in total. The van der Waals surface area contributed by atoms with Crippen LogP contribution in [-0.4, -0.2) is 56.9 Å². The van der Waals surface area contributed by atoms with Crippen LogP contribution in [0.5, 0.6) is 0 Å². The summed E-state index contributed by atoms with van der Waals surface area (Å²) in [5.41, 5.74) is 0. The highest BCUT2D eigenvalue weighted by molar-refractivity contribution is 7.81. The third-order valence-corrected chi connectivity index (χ3v) is 1.86. The molecule has 0 amide bonds. The van der Waals surface area contributed by atoms with Crippen LogP contribution < -0.4 is 0 Å². The first-order chi connectivity index (χ1) is 5.54. The molecule has 6 heteroatoms. The standard InChI is InChI=1S/C6H12O5S/c7-1-3(9)5(10)6(11)4(12)2-8/h4-8,10-12H,1-2H2/t4-,5-,6-/m1/s1. The van der Waals surface area contributed by atoms with E-state index in [0.717, 1.165) is 0 Å². The zero-order chi connectivity index (χ0) is 9.72. The van der Waals surface area contributed by atoms with Crippen molar-refractivity contribution >= 4 is 18.4 Å². The lowest BCUT2D eigenvalue weighted by atomic mass is 10.1. The fraction of sp³-hybridized carbons (Fsp3) is 0.833. The number of hydrogen-bond donors (Lipinski definition) is 5. The Morgan fingerprint density at radius 3 is 2.17 bits per heavy atom. The van der Waals surface area contributed by atoms with Crippen molar-refractivity contribution in [3.05, 3.63) is 0 Å². The van der Waals surface area contributed by atoms with E-state index in [0.29, 0.717) is 0 Å². The molecule has 3 atom stereocenters. The summed E-state index contributed by atoms with van der Waals surface area (Å²) in [6, 6.07) is 0. The molecule has 0 aliphatic heterocycles. The summed E-state index contributed by atoms with van der Waals surface area (Å²) in [5.74, 6) is -0.894. The topological polar surface area (TPSA) is 98.0 Å². The summed E-state index contributed by atoms with van der Waals surface area (Å²) >= 11 is 3.70. The van der Waals surface area contributed by atoms with Crippen LogP contribution in [0.15, 0.2) is 0 Å². The zero-order valence-electron chi connectivity index (χ0n) is 6.29. The lowest BCUT2D eigenvalue weighted by Crippen LogP contribution is -2.42. The highest BCUT2D eigenvalue weighted by Gasteiger charge is 2.28. The molecule has 0 aromatic carbocycles. The molecule has 5 nitrogen and oxygen atoms in total. The number of aliphatic hydroxyl groups is 4. The Kier molecular flexibility index (Phi) is 5.43. The van der Waals surface area contributed by atoms with Crippen LogP contribution in [-0.2, 0) is 4.79 Å². The minimum Gasteiger partial charge on any atom is -0.395 e. The van der Waals surface area contributed by atoms with Crippen molar-refractivity contribution in [1.82, 2.24) is 0 Å². The molecule has 0 unspecified atom stereocenters. The average molecular weight is 196 g/mol. The van der Waals surface area contributed by atoms with Crippen LogP contribution in [0.25, 0.3) is 0 Å². The van der Waals surface area contributed by atoms with E-state index in [9.17, 15) is 4.79 Å². The summed E-state index contributed by atoms with van der Waals surface area (Å²) in [6.45, 7) is -1.30. The predicted octanol–water partition coefficient (Wildman–Crippen LogP) is -2.44. The van der Waals surface area contributed by atoms with Gasteiger partial charge in [0.1, 0.15) is 18.8 Å². The van der Waals surface area contributed by atoms with Gasteiger partial charge < -0.3 is 20.4 Å². The molecule has 0 heterocycles. The first kappa shape index (κ1) is 11.9. The second kappa shape index (κ2) is 5.50. The average Bonchev–Trinajstić information content (AvgIpc) is 2.12. The van der Waals surface area contributed by atoms with E-state index < -0.39 is 36.5 Å². The SMILES string of the molecule is O=C(CO)[C@@H](O)[C@H](O)[C@H](S)CO. The number of rotatable bonds is 5. The van der Waals surface area contributed by atoms with Gasteiger partial charge in [0.15, 0.2) is 5.78 Å². The molecule has 0 aliphatic carbocycles. The van der Waals surface area contributed by atoms with Gasteiger partial charge in [0.25, 0.3) is 0 Å². The van der Waals surface area contributed by atoms with Gasteiger partial charge in [-0.2, -0.15) is 12.6 Å². The summed E-state index contributed by atoms with van der Waals surface area (Å²) in [4.78, 5) is 10.6. The van der Waals surface area contributed by atoms with E-state index in [1.165, 1.54) is 0 Å². The van der Waals surface area contributed by atoms with E-state index in [1.807, 2.05) is 0 Å². The molecule has 72 valence electrons. The highest BCUT2D eigenvalue weighted by Crippen LogP contribution is 2.06. The Hall–Kier alpha value is -0.140. The van der Waals surface area contributed by atoms with Crippen molar-refractivity contribution in [2.75, 3.05) is 13.2 Å². The number of Topliss-reactive ketones (excluding diaryl/α,β-unsaturated/α-hetero) is 1. The second-order valence-corrected chi connectivity index (χ2v) is 2.97. The van der Waals surface area contributed by atoms with E-state index >= 15 is 0 Å². The van der Waals surface area contributed by atoms with Crippen LogP contribution in [0, 0.1) is 0 Å². The van der Waals surface area contributed by atoms with Crippen molar-refractivity contribution < 1.29 is 25.2 Å². The molecule has 0 aliphatic rings. The van der Waals surface area contributed by atoms with Crippen molar-refractivity contribution in [3.8, 4) is 0 Å². The van der Waals surface area contributed by atoms with Crippen molar-refractivity contribution in [2.45, 2.75) is 17.5 Å². The fourth-order valence-electron chi connectivity index (χ4n) is 0.602. The Bertz CT molecular complexity index is 151. The van der Waals surface area contributed by atoms with Crippen molar-refractivity contribution in [3.63, 3.8) is 0 Å². The van der Waals surface area contributed by atoms with Crippen molar-refractivity contribution in [1.29, 1.82) is 0 Å². The molecule has 12 heavy (non-hydrogen) atoms. The minimum absolute atomic E-state index is 0.458. The Labute approximate surface area is 75.1 Å². The van der Waals surface area contributed by atoms with Gasteiger partial charge in [-0.1, -0.05) is 0 Å². The summed E-state index contributed by atoms with van der Waals surface area (Å²) in [6.07, 6.45) is -3.15. The highest BCUT2D eigenvalue weighted by atomic mass is 32.1.